The molecule has 0 atom stereocenters. The molecule has 0 bridgehead atoms. The van der Waals surface area contributed by atoms with Gasteiger partial charge in [0.05, 0.1) is 10.2 Å². The predicted molar refractivity (Wildman–Crippen MR) is 90.7 cm³/mol. The van der Waals surface area contributed by atoms with Gasteiger partial charge in [-0.05, 0) is 40.5 Å². The number of halogens is 2. The van der Waals surface area contributed by atoms with Crippen LogP contribution < -0.4 is 5.73 Å². The first kappa shape index (κ1) is 15.4. The number of hydrogen-bond acceptors (Lipinski definition) is 3. The first-order valence-electron chi connectivity index (χ1n) is 6.30. The van der Waals surface area contributed by atoms with Gasteiger partial charge in [0.1, 0.15) is 5.82 Å². The van der Waals surface area contributed by atoms with E-state index in [2.05, 4.69) is 57.6 Å². The summed E-state index contributed by atoms with van der Waals surface area (Å²) in [6, 6.07) is 6.10. The van der Waals surface area contributed by atoms with Gasteiger partial charge in [0.2, 0.25) is 0 Å². The molecule has 0 radical (unpaired) electrons. The largest absolute Gasteiger partial charge is 0.383 e. The van der Waals surface area contributed by atoms with Gasteiger partial charge in [-0.3, -0.25) is 0 Å². The third-order valence-corrected chi connectivity index (χ3v) is 4.39. The number of anilines is 1. The average Bonchev–Trinajstić information content (AvgIpc) is 2.31. The zero-order valence-electron chi connectivity index (χ0n) is 12.0. The molecule has 0 aliphatic carbocycles. The Morgan fingerprint density at radius 1 is 1.10 bits per heavy atom. The molecule has 0 amide bonds. The summed E-state index contributed by atoms with van der Waals surface area (Å²) in [6.07, 6.45) is 0. The van der Waals surface area contributed by atoms with Crippen LogP contribution in [0.5, 0.6) is 0 Å². The molecular weight excluding hydrogens is 382 g/mol. The predicted octanol–water partition coefficient (Wildman–Crippen LogP) is 4.86. The lowest BCUT2D eigenvalue weighted by Gasteiger charge is -2.21. The van der Waals surface area contributed by atoms with Crippen molar-refractivity contribution in [1.82, 2.24) is 9.97 Å². The maximum Gasteiger partial charge on any atom is 0.162 e. The molecule has 0 saturated carbocycles. The lowest BCUT2D eigenvalue weighted by atomic mass is 9.91. The van der Waals surface area contributed by atoms with E-state index in [9.17, 15) is 0 Å². The molecule has 1 heterocycles. The van der Waals surface area contributed by atoms with E-state index in [-0.39, 0.29) is 5.41 Å². The second kappa shape index (κ2) is 5.45. The van der Waals surface area contributed by atoms with Crippen LogP contribution in [-0.2, 0) is 5.41 Å². The Labute approximate surface area is 136 Å². The van der Waals surface area contributed by atoms with Crippen molar-refractivity contribution < 1.29 is 0 Å². The molecule has 2 rings (SSSR count). The second-order valence-electron chi connectivity index (χ2n) is 5.83. The number of nitrogen functional groups attached to an aromatic ring is 1. The standard InChI is InChI=1S/C15H17Br2N3/c1-8-5-6-9(10(16)7-8)14-19-12(15(2,3)4)11(17)13(18)20-14/h5-7H,1-4H3,(H2,18,19,20). The van der Waals surface area contributed by atoms with Crippen molar-refractivity contribution in [2.45, 2.75) is 33.1 Å². The highest BCUT2D eigenvalue weighted by Gasteiger charge is 2.23. The molecule has 5 heteroatoms. The molecule has 0 fully saturated rings. The highest BCUT2D eigenvalue weighted by atomic mass is 79.9. The zero-order valence-corrected chi connectivity index (χ0v) is 15.1. The molecule has 20 heavy (non-hydrogen) atoms. The summed E-state index contributed by atoms with van der Waals surface area (Å²) >= 11 is 7.06. The number of aryl methyl sites for hydroxylation is 1. The van der Waals surface area contributed by atoms with E-state index in [1.54, 1.807) is 0 Å². The summed E-state index contributed by atoms with van der Waals surface area (Å²) in [5.74, 6) is 1.11. The van der Waals surface area contributed by atoms with Gasteiger partial charge in [0.15, 0.2) is 5.82 Å². The molecule has 0 saturated heterocycles. The summed E-state index contributed by atoms with van der Waals surface area (Å²) in [6.45, 7) is 8.36. The van der Waals surface area contributed by atoms with Gasteiger partial charge in [-0.25, -0.2) is 9.97 Å². The third-order valence-electron chi connectivity index (χ3n) is 2.95. The second-order valence-corrected chi connectivity index (χ2v) is 7.48. The molecule has 0 unspecified atom stereocenters. The van der Waals surface area contributed by atoms with Crippen LogP contribution in [0.1, 0.15) is 32.0 Å². The molecule has 1 aromatic carbocycles. The van der Waals surface area contributed by atoms with Crippen LogP contribution in [0.15, 0.2) is 27.1 Å². The maximum atomic E-state index is 6.02. The van der Waals surface area contributed by atoms with E-state index in [0.29, 0.717) is 11.6 Å². The molecule has 3 nitrogen and oxygen atoms in total. The van der Waals surface area contributed by atoms with Gasteiger partial charge < -0.3 is 5.73 Å². The van der Waals surface area contributed by atoms with Crippen molar-refractivity contribution in [3.05, 3.63) is 38.4 Å². The van der Waals surface area contributed by atoms with E-state index in [0.717, 1.165) is 20.2 Å². The fraction of sp³-hybridized carbons (Fsp3) is 0.333. The van der Waals surface area contributed by atoms with Gasteiger partial charge in [-0.1, -0.05) is 42.8 Å². The number of hydrogen-bond donors (Lipinski definition) is 1. The zero-order chi connectivity index (χ0) is 15.1. The quantitative estimate of drug-likeness (QED) is 0.746. The van der Waals surface area contributed by atoms with Crippen LogP contribution in [-0.4, -0.2) is 9.97 Å². The van der Waals surface area contributed by atoms with Crippen molar-refractivity contribution in [3.8, 4) is 11.4 Å². The first-order chi connectivity index (χ1) is 9.20. The minimum absolute atomic E-state index is 0.109. The fourth-order valence-corrected chi connectivity index (χ4v) is 3.33. The van der Waals surface area contributed by atoms with E-state index in [1.165, 1.54) is 5.56 Å². The van der Waals surface area contributed by atoms with Crippen LogP contribution in [0.25, 0.3) is 11.4 Å². The SMILES string of the molecule is Cc1ccc(-c2nc(N)c(Br)c(C(C)(C)C)n2)c(Br)c1. The molecular formula is C15H17Br2N3. The number of benzene rings is 1. The lowest BCUT2D eigenvalue weighted by molar-refractivity contribution is 0.564. The Morgan fingerprint density at radius 2 is 1.75 bits per heavy atom. The molecule has 1 aromatic heterocycles. The van der Waals surface area contributed by atoms with Gasteiger partial charge in [0, 0.05) is 15.5 Å². The molecule has 2 aromatic rings. The van der Waals surface area contributed by atoms with E-state index >= 15 is 0 Å². The van der Waals surface area contributed by atoms with Crippen molar-refractivity contribution >= 4 is 37.7 Å². The number of nitrogens with two attached hydrogens (primary N) is 1. The monoisotopic (exact) mass is 397 g/mol. The minimum Gasteiger partial charge on any atom is -0.383 e. The van der Waals surface area contributed by atoms with Crippen molar-refractivity contribution in [2.75, 3.05) is 5.73 Å². The van der Waals surface area contributed by atoms with Crippen molar-refractivity contribution in [1.29, 1.82) is 0 Å². The number of aromatic nitrogens is 2. The van der Waals surface area contributed by atoms with Gasteiger partial charge >= 0.3 is 0 Å². The molecule has 0 spiro atoms. The summed E-state index contributed by atoms with van der Waals surface area (Å²) in [7, 11) is 0. The van der Waals surface area contributed by atoms with Crippen LogP contribution in [0.2, 0.25) is 0 Å². The summed E-state index contributed by atoms with van der Waals surface area (Å²) in [4.78, 5) is 9.09. The van der Waals surface area contributed by atoms with Crippen molar-refractivity contribution in [2.24, 2.45) is 0 Å². The van der Waals surface area contributed by atoms with Crippen LogP contribution in [0, 0.1) is 6.92 Å². The minimum atomic E-state index is -0.109. The molecule has 2 N–H and O–H groups in total. The topological polar surface area (TPSA) is 51.8 Å². The van der Waals surface area contributed by atoms with Crippen LogP contribution in [0.4, 0.5) is 5.82 Å². The van der Waals surface area contributed by atoms with E-state index in [4.69, 9.17) is 10.7 Å². The first-order valence-corrected chi connectivity index (χ1v) is 7.89. The Kier molecular flexibility index (Phi) is 4.21. The normalized spacial score (nSPS) is 11.7. The average molecular weight is 399 g/mol. The maximum absolute atomic E-state index is 6.02. The Bertz CT molecular complexity index is 661. The lowest BCUT2D eigenvalue weighted by Crippen LogP contribution is -2.17. The summed E-state index contributed by atoms with van der Waals surface area (Å²) in [5.41, 5.74) is 8.95. The highest BCUT2D eigenvalue weighted by Crippen LogP contribution is 2.34. The van der Waals surface area contributed by atoms with Gasteiger partial charge in [-0.15, -0.1) is 0 Å². The summed E-state index contributed by atoms with van der Waals surface area (Å²) < 4.78 is 1.75. The Morgan fingerprint density at radius 3 is 2.30 bits per heavy atom. The number of nitrogens with zero attached hydrogens (tertiary/aromatic N) is 2. The van der Waals surface area contributed by atoms with Crippen molar-refractivity contribution in [3.63, 3.8) is 0 Å². The number of rotatable bonds is 1. The Hall–Kier alpha value is -0.940. The van der Waals surface area contributed by atoms with Gasteiger partial charge in [-0.2, -0.15) is 0 Å². The van der Waals surface area contributed by atoms with Crippen LogP contribution in [0.3, 0.4) is 0 Å². The van der Waals surface area contributed by atoms with E-state index in [1.807, 2.05) is 25.1 Å². The molecule has 0 aliphatic rings. The van der Waals surface area contributed by atoms with Crippen LogP contribution >= 0.6 is 31.9 Å². The fourth-order valence-electron chi connectivity index (χ4n) is 1.88. The molecule has 106 valence electrons. The third kappa shape index (κ3) is 3.04. The smallest absolute Gasteiger partial charge is 0.162 e. The highest BCUT2D eigenvalue weighted by molar-refractivity contribution is 9.11. The van der Waals surface area contributed by atoms with E-state index < -0.39 is 0 Å². The Balaban J connectivity index is 2.67. The molecule has 0 aliphatic heterocycles. The van der Waals surface area contributed by atoms with Gasteiger partial charge in [0.25, 0.3) is 0 Å². The summed E-state index contributed by atoms with van der Waals surface area (Å²) in [5, 5.41) is 0.